The molecule has 1 unspecified atom stereocenters. The maximum atomic E-state index is 13.1. The fraction of sp³-hybridized carbons (Fsp3) is 0.227. The highest BCUT2D eigenvalue weighted by molar-refractivity contribution is 7.89. The van der Waals surface area contributed by atoms with Crippen LogP contribution in [0.2, 0.25) is 5.02 Å². The largest absolute Gasteiger partial charge is 0.465 e. The van der Waals surface area contributed by atoms with E-state index in [1.807, 2.05) is 0 Å². The molecule has 0 bridgehead atoms. The Hall–Kier alpha value is -2.79. The number of anilines is 1. The lowest BCUT2D eigenvalue weighted by Crippen LogP contribution is -2.43. The second-order valence-corrected chi connectivity index (χ2v) is 10.5. The van der Waals surface area contributed by atoms with Gasteiger partial charge in [0, 0.05) is 22.5 Å². The molecule has 0 aliphatic carbocycles. The molecule has 0 saturated carbocycles. The minimum atomic E-state index is -3.83. The number of nitrogens with one attached hydrogen (secondary N) is 1. The number of ether oxygens (including phenoxy) is 1. The van der Waals surface area contributed by atoms with Gasteiger partial charge >= 0.3 is 5.97 Å². The minimum absolute atomic E-state index is 0.0959. The van der Waals surface area contributed by atoms with Crippen molar-refractivity contribution in [2.24, 2.45) is 0 Å². The third-order valence-electron chi connectivity index (χ3n) is 5.26. The summed E-state index contributed by atoms with van der Waals surface area (Å²) in [6.07, 6.45) is 1.01. The molecule has 8 nitrogen and oxygen atoms in total. The molecule has 0 spiro atoms. The predicted octanol–water partition coefficient (Wildman–Crippen LogP) is 4.04. The van der Waals surface area contributed by atoms with Crippen LogP contribution in [0.5, 0.6) is 0 Å². The van der Waals surface area contributed by atoms with Crippen molar-refractivity contribution >= 4 is 50.0 Å². The number of carbonyl (C=O) groups excluding carboxylic acids is 2. The molecule has 1 aliphatic rings. The average molecular weight is 506 g/mol. The summed E-state index contributed by atoms with van der Waals surface area (Å²) in [5.74, 6) is -0.852. The van der Waals surface area contributed by atoms with Crippen molar-refractivity contribution in [3.63, 3.8) is 0 Å². The molecule has 1 amide bonds. The highest BCUT2D eigenvalue weighted by Crippen LogP contribution is 2.29. The van der Waals surface area contributed by atoms with E-state index < -0.39 is 27.9 Å². The second-order valence-electron chi connectivity index (χ2n) is 7.32. The van der Waals surface area contributed by atoms with Gasteiger partial charge in [0.15, 0.2) is 5.13 Å². The van der Waals surface area contributed by atoms with Gasteiger partial charge in [0.25, 0.3) is 0 Å². The molecule has 4 rings (SSSR count). The molecule has 11 heteroatoms. The molecule has 1 aliphatic heterocycles. The number of hydrogen-bond donors (Lipinski definition) is 1. The van der Waals surface area contributed by atoms with E-state index in [4.69, 9.17) is 16.3 Å². The first-order valence-electron chi connectivity index (χ1n) is 10.0. The number of thiazole rings is 1. The van der Waals surface area contributed by atoms with E-state index in [0.29, 0.717) is 34.3 Å². The van der Waals surface area contributed by atoms with Crippen molar-refractivity contribution in [1.29, 1.82) is 0 Å². The summed E-state index contributed by atoms with van der Waals surface area (Å²) < 4.78 is 32.0. The molecule has 1 atom stereocenters. The molecule has 1 aromatic heterocycles. The third kappa shape index (κ3) is 4.93. The Morgan fingerprint density at radius 1 is 1.15 bits per heavy atom. The van der Waals surface area contributed by atoms with E-state index in [2.05, 4.69) is 10.3 Å². The van der Waals surface area contributed by atoms with Crippen LogP contribution in [-0.2, 0) is 19.6 Å². The van der Waals surface area contributed by atoms with E-state index in [-0.39, 0.29) is 11.4 Å². The molecular weight excluding hydrogens is 486 g/mol. The predicted molar refractivity (Wildman–Crippen MR) is 126 cm³/mol. The van der Waals surface area contributed by atoms with Gasteiger partial charge in [-0.1, -0.05) is 23.7 Å². The molecule has 1 saturated heterocycles. The summed E-state index contributed by atoms with van der Waals surface area (Å²) in [6, 6.07) is 11.8. The quantitative estimate of drug-likeness (QED) is 0.507. The van der Waals surface area contributed by atoms with Crippen LogP contribution in [0.3, 0.4) is 0 Å². The normalized spacial score (nSPS) is 16.5. The fourth-order valence-electron chi connectivity index (χ4n) is 3.58. The van der Waals surface area contributed by atoms with E-state index in [1.165, 1.54) is 47.0 Å². The van der Waals surface area contributed by atoms with Crippen LogP contribution in [0.1, 0.15) is 23.2 Å². The molecule has 0 radical (unpaired) electrons. The number of hydrogen-bond acceptors (Lipinski definition) is 7. The van der Waals surface area contributed by atoms with Crippen LogP contribution in [-0.4, -0.2) is 49.3 Å². The number of esters is 1. The van der Waals surface area contributed by atoms with Crippen molar-refractivity contribution in [2.75, 3.05) is 19.0 Å². The molecule has 1 fully saturated rings. The van der Waals surface area contributed by atoms with Gasteiger partial charge in [-0.3, -0.25) is 4.79 Å². The van der Waals surface area contributed by atoms with E-state index in [0.717, 1.165) is 5.56 Å². The highest BCUT2D eigenvalue weighted by atomic mass is 35.5. The summed E-state index contributed by atoms with van der Waals surface area (Å²) in [7, 11) is -2.52. The lowest BCUT2D eigenvalue weighted by molar-refractivity contribution is -0.119. The number of rotatable bonds is 6. The molecule has 1 N–H and O–H groups in total. The Morgan fingerprint density at radius 2 is 1.85 bits per heavy atom. The van der Waals surface area contributed by atoms with Crippen molar-refractivity contribution < 1.29 is 22.7 Å². The summed E-state index contributed by atoms with van der Waals surface area (Å²) in [5, 5.41) is 5.32. The van der Waals surface area contributed by atoms with Gasteiger partial charge in [0.1, 0.15) is 6.04 Å². The van der Waals surface area contributed by atoms with Gasteiger partial charge in [-0.15, -0.1) is 11.3 Å². The number of sulfonamides is 1. The van der Waals surface area contributed by atoms with E-state index >= 15 is 0 Å². The summed E-state index contributed by atoms with van der Waals surface area (Å²) in [6.45, 7) is 0.263. The molecular formula is C22H20ClN3O5S2. The van der Waals surface area contributed by atoms with Gasteiger partial charge < -0.3 is 10.1 Å². The SMILES string of the molecule is COC(=O)c1ccc(-c2csc(NC(=O)C3CCCN3S(=O)(=O)c3ccc(Cl)cc3)n2)cc1. The first kappa shape index (κ1) is 23.4. The monoisotopic (exact) mass is 505 g/mol. The number of amides is 1. The van der Waals surface area contributed by atoms with Gasteiger partial charge in [0.05, 0.1) is 23.3 Å². The Morgan fingerprint density at radius 3 is 2.52 bits per heavy atom. The van der Waals surface area contributed by atoms with Gasteiger partial charge in [0.2, 0.25) is 15.9 Å². The Balaban J connectivity index is 1.47. The summed E-state index contributed by atoms with van der Waals surface area (Å²) in [4.78, 5) is 29.0. The molecule has 3 aromatic rings. The number of methoxy groups -OCH3 is 1. The lowest BCUT2D eigenvalue weighted by atomic mass is 10.1. The molecule has 172 valence electrons. The number of nitrogens with zero attached hydrogens (tertiary/aromatic N) is 2. The van der Waals surface area contributed by atoms with Gasteiger partial charge in [-0.2, -0.15) is 4.31 Å². The van der Waals surface area contributed by atoms with Crippen molar-refractivity contribution in [1.82, 2.24) is 9.29 Å². The average Bonchev–Trinajstić information content (AvgIpc) is 3.49. The van der Waals surface area contributed by atoms with Crippen LogP contribution < -0.4 is 5.32 Å². The Labute approximate surface area is 200 Å². The molecule has 2 heterocycles. The summed E-state index contributed by atoms with van der Waals surface area (Å²) >= 11 is 7.10. The Bertz CT molecular complexity index is 1270. The smallest absolute Gasteiger partial charge is 0.337 e. The number of halogens is 1. The maximum Gasteiger partial charge on any atom is 0.337 e. The molecule has 33 heavy (non-hydrogen) atoms. The zero-order chi connectivity index (χ0) is 23.6. The fourth-order valence-corrected chi connectivity index (χ4v) is 6.08. The van der Waals surface area contributed by atoms with Crippen LogP contribution in [0.25, 0.3) is 11.3 Å². The minimum Gasteiger partial charge on any atom is -0.465 e. The zero-order valence-electron chi connectivity index (χ0n) is 17.5. The van der Waals surface area contributed by atoms with E-state index in [1.54, 1.807) is 29.6 Å². The summed E-state index contributed by atoms with van der Waals surface area (Å²) in [5.41, 5.74) is 1.82. The number of aromatic nitrogens is 1. The highest BCUT2D eigenvalue weighted by Gasteiger charge is 2.39. The lowest BCUT2D eigenvalue weighted by Gasteiger charge is -2.23. The topological polar surface area (TPSA) is 106 Å². The Kier molecular flexibility index (Phi) is 6.80. The van der Waals surface area contributed by atoms with Crippen LogP contribution in [0, 0.1) is 0 Å². The standard InChI is InChI=1S/C22H20ClN3O5S2/c1-31-21(28)15-6-4-14(5-7-15)18-13-32-22(24-18)25-20(27)19-3-2-12-26(19)33(29,30)17-10-8-16(23)9-11-17/h4-11,13,19H,2-3,12H2,1H3,(H,24,25,27). The van der Waals surface area contributed by atoms with Crippen molar-refractivity contribution in [3.05, 3.63) is 64.5 Å². The van der Waals surface area contributed by atoms with Crippen LogP contribution in [0.4, 0.5) is 5.13 Å². The first-order chi connectivity index (χ1) is 15.8. The van der Waals surface area contributed by atoms with E-state index in [9.17, 15) is 18.0 Å². The van der Waals surface area contributed by atoms with Crippen molar-refractivity contribution in [2.45, 2.75) is 23.8 Å². The number of carbonyl (C=O) groups is 2. The third-order valence-corrected chi connectivity index (χ3v) is 8.19. The second kappa shape index (κ2) is 9.60. The van der Waals surface area contributed by atoms with Crippen molar-refractivity contribution in [3.8, 4) is 11.3 Å². The number of benzene rings is 2. The molecule has 2 aromatic carbocycles. The van der Waals surface area contributed by atoms with Gasteiger partial charge in [-0.25, -0.2) is 18.2 Å². The first-order valence-corrected chi connectivity index (χ1v) is 12.7. The van der Waals surface area contributed by atoms with Crippen LogP contribution in [0.15, 0.2) is 58.8 Å². The van der Waals surface area contributed by atoms with Gasteiger partial charge in [-0.05, 0) is 49.2 Å². The maximum absolute atomic E-state index is 13.1. The van der Waals surface area contributed by atoms with Crippen LogP contribution >= 0.6 is 22.9 Å². The zero-order valence-corrected chi connectivity index (χ0v) is 19.9.